The first kappa shape index (κ1) is 19.4. The van der Waals surface area contributed by atoms with Crippen molar-refractivity contribution in [3.63, 3.8) is 0 Å². The molecule has 3 N–H and O–H groups in total. The fraction of sp³-hybridized carbons (Fsp3) is 0.238. The predicted octanol–water partition coefficient (Wildman–Crippen LogP) is 2.29. The highest BCUT2D eigenvalue weighted by atomic mass is 19.1. The Morgan fingerprint density at radius 1 is 1.11 bits per heavy atom. The van der Waals surface area contributed by atoms with Crippen LogP contribution in [0.15, 0.2) is 65.1 Å². The number of allylic oxidation sites excluding steroid dienone is 1. The molecule has 1 aliphatic rings. The van der Waals surface area contributed by atoms with Crippen molar-refractivity contribution in [3.8, 4) is 0 Å². The summed E-state index contributed by atoms with van der Waals surface area (Å²) in [6.45, 7) is 0.531. The lowest BCUT2D eigenvalue weighted by atomic mass is 9.99. The van der Waals surface area contributed by atoms with Crippen LogP contribution in [0.5, 0.6) is 0 Å². The van der Waals surface area contributed by atoms with E-state index in [2.05, 4.69) is 15.3 Å². The molecule has 0 unspecified atom stereocenters. The molecule has 0 bridgehead atoms. The van der Waals surface area contributed by atoms with Crippen molar-refractivity contribution in [1.29, 1.82) is 0 Å². The van der Waals surface area contributed by atoms with Crippen molar-refractivity contribution >= 4 is 17.5 Å². The minimum Gasteiger partial charge on any atom is -0.365 e. The number of aromatic nitrogens is 1. The summed E-state index contributed by atoms with van der Waals surface area (Å²) in [5.74, 6) is -1.17. The molecular weight excluding hydrogens is 359 g/mol. The van der Waals surface area contributed by atoms with Gasteiger partial charge >= 0.3 is 0 Å². The number of benzene rings is 1. The number of hydrogen-bond acceptors (Lipinski definition) is 4. The number of rotatable bonds is 6. The standard InChI is InChI=1S/C21H21FN4O2/c22-16-6-3-14(4-7-16)5-8-18(27)26-17-2-1-11-25-20(19(17)21(23)28)15-9-12-24-13-10-15/h3-4,6-7,9-10,12-13H,1-2,5,8,11H2,(H2,23,28)(H,26,27). The Morgan fingerprint density at radius 2 is 1.82 bits per heavy atom. The van der Waals surface area contributed by atoms with Gasteiger partial charge in [-0.2, -0.15) is 0 Å². The molecule has 0 saturated carbocycles. The van der Waals surface area contributed by atoms with Gasteiger partial charge in [-0.15, -0.1) is 0 Å². The molecule has 2 aromatic rings. The van der Waals surface area contributed by atoms with Gasteiger partial charge in [0.25, 0.3) is 5.91 Å². The second-order valence-electron chi connectivity index (χ2n) is 6.46. The van der Waals surface area contributed by atoms with Gasteiger partial charge < -0.3 is 11.1 Å². The minimum atomic E-state index is -0.633. The van der Waals surface area contributed by atoms with Gasteiger partial charge in [-0.25, -0.2) is 4.39 Å². The summed E-state index contributed by atoms with van der Waals surface area (Å²) in [4.78, 5) is 33.1. The van der Waals surface area contributed by atoms with Crippen molar-refractivity contribution in [1.82, 2.24) is 10.3 Å². The highest BCUT2D eigenvalue weighted by Gasteiger charge is 2.23. The molecule has 1 aromatic carbocycles. The van der Waals surface area contributed by atoms with Gasteiger partial charge in [0.2, 0.25) is 5.91 Å². The Balaban J connectivity index is 1.79. The molecule has 0 radical (unpaired) electrons. The molecule has 1 aromatic heterocycles. The lowest BCUT2D eigenvalue weighted by Gasteiger charge is -2.14. The summed E-state index contributed by atoms with van der Waals surface area (Å²) < 4.78 is 13.0. The van der Waals surface area contributed by atoms with Gasteiger partial charge in [-0.05, 0) is 49.1 Å². The van der Waals surface area contributed by atoms with E-state index in [1.54, 1.807) is 36.7 Å². The molecule has 3 rings (SSSR count). The van der Waals surface area contributed by atoms with Crippen LogP contribution < -0.4 is 11.1 Å². The number of primary amides is 1. The van der Waals surface area contributed by atoms with Crippen molar-refractivity contribution < 1.29 is 14.0 Å². The van der Waals surface area contributed by atoms with Crippen LogP contribution in [0.25, 0.3) is 0 Å². The number of hydrogen-bond donors (Lipinski definition) is 2. The van der Waals surface area contributed by atoms with Gasteiger partial charge in [-0.1, -0.05) is 12.1 Å². The molecular formula is C21H21FN4O2. The van der Waals surface area contributed by atoms with Crippen molar-refractivity contribution in [2.45, 2.75) is 25.7 Å². The quantitative estimate of drug-likeness (QED) is 0.804. The SMILES string of the molecule is NC(=O)C1=C(NC(=O)CCc2ccc(F)cc2)CCCN=C1c1ccncc1. The van der Waals surface area contributed by atoms with E-state index >= 15 is 0 Å². The van der Waals surface area contributed by atoms with Gasteiger partial charge in [-0.3, -0.25) is 19.6 Å². The van der Waals surface area contributed by atoms with Crippen LogP contribution >= 0.6 is 0 Å². The summed E-state index contributed by atoms with van der Waals surface area (Å²) in [5, 5.41) is 2.84. The number of nitrogens with two attached hydrogens (primary N) is 1. The van der Waals surface area contributed by atoms with Crippen molar-refractivity contribution in [3.05, 3.63) is 77.0 Å². The first-order valence-corrected chi connectivity index (χ1v) is 9.07. The van der Waals surface area contributed by atoms with E-state index in [-0.39, 0.29) is 23.7 Å². The van der Waals surface area contributed by atoms with E-state index in [4.69, 9.17) is 5.73 Å². The number of aryl methyl sites for hydroxylation is 1. The monoisotopic (exact) mass is 380 g/mol. The second-order valence-corrected chi connectivity index (χ2v) is 6.46. The second kappa shape index (κ2) is 9.03. The molecule has 1 aliphatic heterocycles. The first-order valence-electron chi connectivity index (χ1n) is 9.07. The van der Waals surface area contributed by atoms with Crippen LogP contribution in [0.1, 0.15) is 30.4 Å². The third-order valence-electron chi connectivity index (χ3n) is 4.44. The predicted molar refractivity (Wildman–Crippen MR) is 104 cm³/mol. The number of nitrogens with zero attached hydrogens (tertiary/aromatic N) is 2. The normalized spacial score (nSPS) is 14.2. The molecule has 7 heteroatoms. The van der Waals surface area contributed by atoms with Crippen LogP contribution in [-0.2, 0) is 16.0 Å². The summed E-state index contributed by atoms with van der Waals surface area (Å²) in [5.41, 5.74) is 8.42. The van der Waals surface area contributed by atoms with E-state index in [1.807, 2.05) is 0 Å². The van der Waals surface area contributed by atoms with Gasteiger partial charge in [0.05, 0.1) is 11.3 Å². The fourth-order valence-electron chi connectivity index (χ4n) is 3.07. The van der Waals surface area contributed by atoms with Crippen LogP contribution in [0.3, 0.4) is 0 Å². The zero-order chi connectivity index (χ0) is 19.9. The third kappa shape index (κ3) is 4.88. The number of amides is 2. The third-order valence-corrected chi connectivity index (χ3v) is 4.44. The van der Waals surface area contributed by atoms with Gasteiger partial charge in [0, 0.05) is 36.6 Å². The average Bonchev–Trinajstić information content (AvgIpc) is 2.91. The number of pyridine rings is 1. The number of carbonyl (C=O) groups is 2. The van der Waals surface area contributed by atoms with E-state index in [9.17, 15) is 14.0 Å². The van der Waals surface area contributed by atoms with E-state index in [0.717, 1.165) is 11.1 Å². The molecule has 0 spiro atoms. The number of halogens is 1. The summed E-state index contributed by atoms with van der Waals surface area (Å²) >= 11 is 0. The minimum absolute atomic E-state index is 0.211. The first-order chi connectivity index (χ1) is 13.5. The molecule has 0 saturated heterocycles. The lowest BCUT2D eigenvalue weighted by molar-refractivity contribution is -0.120. The van der Waals surface area contributed by atoms with E-state index in [1.165, 1.54) is 12.1 Å². The van der Waals surface area contributed by atoms with E-state index in [0.29, 0.717) is 37.2 Å². The van der Waals surface area contributed by atoms with Crippen LogP contribution in [-0.4, -0.2) is 29.1 Å². The Hall–Kier alpha value is -3.35. The Morgan fingerprint density at radius 3 is 2.50 bits per heavy atom. The summed E-state index contributed by atoms with van der Waals surface area (Å²) in [7, 11) is 0. The highest BCUT2D eigenvalue weighted by Crippen LogP contribution is 2.19. The summed E-state index contributed by atoms with van der Waals surface area (Å²) in [6.07, 6.45) is 5.10. The largest absolute Gasteiger partial charge is 0.365 e. The zero-order valence-corrected chi connectivity index (χ0v) is 15.3. The molecule has 6 nitrogen and oxygen atoms in total. The number of carbonyl (C=O) groups excluding carboxylic acids is 2. The summed E-state index contributed by atoms with van der Waals surface area (Å²) in [6, 6.07) is 9.53. The number of nitrogens with one attached hydrogen (secondary N) is 1. The molecule has 2 heterocycles. The molecule has 0 aliphatic carbocycles. The smallest absolute Gasteiger partial charge is 0.252 e. The molecule has 0 fully saturated rings. The molecule has 28 heavy (non-hydrogen) atoms. The lowest BCUT2D eigenvalue weighted by Crippen LogP contribution is -2.30. The van der Waals surface area contributed by atoms with Gasteiger partial charge in [0.15, 0.2) is 0 Å². The van der Waals surface area contributed by atoms with Crippen LogP contribution in [0.4, 0.5) is 4.39 Å². The maximum Gasteiger partial charge on any atom is 0.252 e. The fourth-order valence-corrected chi connectivity index (χ4v) is 3.07. The van der Waals surface area contributed by atoms with Crippen molar-refractivity contribution in [2.75, 3.05) is 6.54 Å². The average molecular weight is 380 g/mol. The molecule has 0 atom stereocenters. The number of aliphatic imine (C=N–C) groups is 1. The zero-order valence-electron chi connectivity index (χ0n) is 15.3. The Bertz CT molecular complexity index is 921. The Kier molecular flexibility index (Phi) is 6.26. The van der Waals surface area contributed by atoms with Crippen LogP contribution in [0.2, 0.25) is 0 Å². The topological polar surface area (TPSA) is 97.4 Å². The van der Waals surface area contributed by atoms with E-state index < -0.39 is 5.91 Å². The molecule has 2 amide bonds. The highest BCUT2D eigenvalue weighted by molar-refractivity contribution is 6.28. The van der Waals surface area contributed by atoms with Crippen LogP contribution in [0, 0.1) is 5.82 Å². The maximum atomic E-state index is 13.0. The molecule has 144 valence electrons. The van der Waals surface area contributed by atoms with Gasteiger partial charge in [0.1, 0.15) is 5.82 Å². The Labute approximate surface area is 162 Å². The maximum absolute atomic E-state index is 13.0. The van der Waals surface area contributed by atoms with Crippen molar-refractivity contribution in [2.24, 2.45) is 10.7 Å².